The molecular weight excluding hydrogens is 961 g/mol. The van der Waals surface area contributed by atoms with Crippen molar-refractivity contribution in [2.45, 2.75) is 367 Å². The van der Waals surface area contributed by atoms with E-state index in [2.05, 4.69) is 81.5 Å². The van der Waals surface area contributed by atoms with E-state index in [0.717, 1.165) is 89.9 Å². The summed E-state index contributed by atoms with van der Waals surface area (Å²) in [7, 11) is 0. The third-order valence-electron chi connectivity index (χ3n) is 15.3. The zero-order valence-corrected chi connectivity index (χ0v) is 52.2. The summed E-state index contributed by atoms with van der Waals surface area (Å²) in [5.74, 6) is -0.856. The first kappa shape index (κ1) is 75.1. The highest BCUT2D eigenvalue weighted by Crippen LogP contribution is 2.18. The van der Waals surface area contributed by atoms with Crippen molar-refractivity contribution in [2.24, 2.45) is 0 Å². The van der Waals surface area contributed by atoms with Crippen LogP contribution in [0.1, 0.15) is 361 Å². The summed E-state index contributed by atoms with van der Waals surface area (Å²) < 4.78 is 17.0. The van der Waals surface area contributed by atoms with Crippen LogP contribution in [0.3, 0.4) is 0 Å². The van der Waals surface area contributed by atoms with Gasteiger partial charge in [0.25, 0.3) is 0 Å². The second kappa shape index (κ2) is 66.6. The van der Waals surface area contributed by atoms with Crippen molar-refractivity contribution in [3.63, 3.8) is 0 Å². The van der Waals surface area contributed by atoms with Crippen molar-refractivity contribution in [1.29, 1.82) is 0 Å². The molecule has 78 heavy (non-hydrogen) atoms. The molecule has 0 spiro atoms. The molecule has 0 heterocycles. The summed E-state index contributed by atoms with van der Waals surface area (Å²) in [6.45, 7) is 6.57. The molecule has 0 saturated carbocycles. The molecule has 6 heteroatoms. The summed E-state index contributed by atoms with van der Waals surface area (Å²) in [4.78, 5) is 38.4. The zero-order valence-electron chi connectivity index (χ0n) is 52.2. The Balaban J connectivity index is 4.20. The fraction of sp³-hybridized carbons (Fsp3) is 0.819. The van der Waals surface area contributed by atoms with Crippen LogP contribution < -0.4 is 0 Å². The van der Waals surface area contributed by atoms with Crippen LogP contribution >= 0.6 is 0 Å². The molecule has 0 N–H and O–H groups in total. The maximum absolute atomic E-state index is 12.9. The van der Waals surface area contributed by atoms with E-state index in [1.54, 1.807) is 0 Å². The van der Waals surface area contributed by atoms with E-state index in [4.69, 9.17) is 14.2 Å². The average molecular weight is 1090 g/mol. The van der Waals surface area contributed by atoms with Gasteiger partial charge in [-0.05, 0) is 83.5 Å². The number of hydrogen-bond acceptors (Lipinski definition) is 6. The molecular formula is C72H130O6. The molecule has 0 saturated heterocycles. The fourth-order valence-corrected chi connectivity index (χ4v) is 10.1. The molecule has 0 aromatic heterocycles. The van der Waals surface area contributed by atoms with E-state index in [1.165, 1.54) is 231 Å². The van der Waals surface area contributed by atoms with Gasteiger partial charge in [0.05, 0.1) is 0 Å². The van der Waals surface area contributed by atoms with Crippen LogP contribution in [0.2, 0.25) is 0 Å². The zero-order chi connectivity index (χ0) is 56.4. The predicted octanol–water partition coefficient (Wildman–Crippen LogP) is 23.5. The van der Waals surface area contributed by atoms with Gasteiger partial charge in [-0.15, -0.1) is 0 Å². The van der Waals surface area contributed by atoms with Gasteiger partial charge in [0, 0.05) is 19.3 Å². The molecule has 0 aromatic rings. The van der Waals surface area contributed by atoms with Crippen LogP contribution in [0.25, 0.3) is 0 Å². The van der Waals surface area contributed by atoms with Gasteiger partial charge in [0.1, 0.15) is 13.2 Å². The highest BCUT2D eigenvalue weighted by atomic mass is 16.6. The molecule has 0 fully saturated rings. The molecule has 0 bridgehead atoms. The molecule has 0 rings (SSSR count). The van der Waals surface area contributed by atoms with E-state index >= 15 is 0 Å². The molecule has 454 valence electrons. The monoisotopic (exact) mass is 1090 g/mol. The standard InChI is InChI=1S/C72H130O6/c1-4-7-10-13-16-19-22-25-27-29-31-32-33-34-35-36-37-38-39-40-41-43-44-47-50-53-56-59-62-65-71(74)77-68-69(67-76-70(73)64-61-58-55-52-49-46-24-21-18-15-12-9-6-3)78-72(75)66-63-60-57-54-51-48-45-42-30-28-26-23-20-17-14-11-8-5-2/h7,10,16,19,21,24-25,27,31-32,69H,4-6,8-9,11-15,17-18,20,22-23,26,28-30,33-68H2,1-3H3/b10-7-,19-16-,24-21-,27-25-,32-31-. The van der Waals surface area contributed by atoms with E-state index in [0.29, 0.717) is 19.3 Å². The van der Waals surface area contributed by atoms with Gasteiger partial charge in [0.2, 0.25) is 0 Å². The SMILES string of the molecule is CC/C=C\C/C=C\C/C=C\C/C=C\CCCCCCCCCCCCCCCCCCC(=O)OCC(COC(=O)CCCCCCC/C=C\CCCCCC)OC(=O)CCCCCCCCCCCCCCCCCCCC. The Morgan fingerprint density at radius 2 is 0.500 bits per heavy atom. The van der Waals surface area contributed by atoms with Crippen molar-refractivity contribution in [1.82, 2.24) is 0 Å². The Kier molecular flexibility index (Phi) is 64.2. The lowest BCUT2D eigenvalue weighted by atomic mass is 10.0. The van der Waals surface area contributed by atoms with Crippen LogP contribution in [0.15, 0.2) is 60.8 Å². The first-order valence-corrected chi connectivity index (χ1v) is 34.3. The number of esters is 3. The highest BCUT2D eigenvalue weighted by molar-refractivity contribution is 5.71. The summed E-state index contributed by atoms with van der Waals surface area (Å²) in [6, 6.07) is 0. The van der Waals surface area contributed by atoms with Gasteiger partial charge >= 0.3 is 17.9 Å². The first-order valence-electron chi connectivity index (χ1n) is 34.3. The van der Waals surface area contributed by atoms with E-state index in [9.17, 15) is 14.4 Å². The van der Waals surface area contributed by atoms with Crippen LogP contribution in [0.5, 0.6) is 0 Å². The Bertz CT molecular complexity index is 1390. The average Bonchev–Trinajstić information content (AvgIpc) is 3.44. The molecule has 0 radical (unpaired) electrons. The number of rotatable bonds is 63. The maximum Gasteiger partial charge on any atom is 0.306 e. The Labute approximate surface area is 485 Å². The molecule has 0 aliphatic rings. The van der Waals surface area contributed by atoms with E-state index in [1.807, 2.05) is 0 Å². The minimum absolute atomic E-state index is 0.0715. The number of unbranched alkanes of at least 4 members (excludes halogenated alkanes) is 42. The van der Waals surface area contributed by atoms with Crippen LogP contribution in [0.4, 0.5) is 0 Å². The molecule has 0 aromatic carbocycles. The van der Waals surface area contributed by atoms with Crippen LogP contribution in [0, 0.1) is 0 Å². The summed E-state index contributed by atoms with van der Waals surface area (Å²) >= 11 is 0. The van der Waals surface area contributed by atoms with Crippen LogP contribution in [-0.2, 0) is 28.6 Å². The summed E-state index contributed by atoms with van der Waals surface area (Å²) in [6.07, 6.45) is 85.3. The molecule has 1 atom stereocenters. The summed E-state index contributed by atoms with van der Waals surface area (Å²) in [5, 5.41) is 0. The summed E-state index contributed by atoms with van der Waals surface area (Å²) in [5.41, 5.74) is 0. The number of carbonyl (C=O) groups excluding carboxylic acids is 3. The first-order chi connectivity index (χ1) is 38.5. The van der Waals surface area contributed by atoms with Gasteiger partial charge in [-0.1, -0.05) is 319 Å². The molecule has 6 nitrogen and oxygen atoms in total. The second-order valence-corrected chi connectivity index (χ2v) is 23.1. The van der Waals surface area contributed by atoms with Crippen molar-refractivity contribution < 1.29 is 28.6 Å². The van der Waals surface area contributed by atoms with E-state index < -0.39 is 6.10 Å². The van der Waals surface area contributed by atoms with Crippen molar-refractivity contribution in [3.05, 3.63) is 60.8 Å². The smallest absolute Gasteiger partial charge is 0.306 e. The normalized spacial score (nSPS) is 12.4. The largest absolute Gasteiger partial charge is 0.462 e. The Hall–Kier alpha value is -2.89. The molecule has 0 amide bonds. The highest BCUT2D eigenvalue weighted by Gasteiger charge is 2.19. The molecule has 1 unspecified atom stereocenters. The van der Waals surface area contributed by atoms with Gasteiger partial charge in [-0.2, -0.15) is 0 Å². The number of ether oxygens (including phenoxy) is 3. The Morgan fingerprint density at radius 1 is 0.269 bits per heavy atom. The van der Waals surface area contributed by atoms with Gasteiger partial charge in [0.15, 0.2) is 6.10 Å². The molecule has 0 aliphatic carbocycles. The van der Waals surface area contributed by atoms with Gasteiger partial charge < -0.3 is 14.2 Å². The maximum atomic E-state index is 12.9. The second-order valence-electron chi connectivity index (χ2n) is 23.1. The van der Waals surface area contributed by atoms with Gasteiger partial charge in [-0.3, -0.25) is 14.4 Å². The fourth-order valence-electron chi connectivity index (χ4n) is 10.1. The minimum atomic E-state index is -0.775. The van der Waals surface area contributed by atoms with E-state index in [-0.39, 0.29) is 31.1 Å². The van der Waals surface area contributed by atoms with Crippen molar-refractivity contribution in [2.75, 3.05) is 13.2 Å². The number of carbonyl (C=O) groups is 3. The number of hydrogen-bond donors (Lipinski definition) is 0. The number of allylic oxidation sites excluding steroid dienone is 10. The lowest BCUT2D eigenvalue weighted by Crippen LogP contribution is -2.30. The molecule has 0 aliphatic heterocycles. The third kappa shape index (κ3) is 63.9. The van der Waals surface area contributed by atoms with Gasteiger partial charge in [-0.25, -0.2) is 0 Å². The lowest BCUT2D eigenvalue weighted by molar-refractivity contribution is -0.167. The third-order valence-corrected chi connectivity index (χ3v) is 15.3. The minimum Gasteiger partial charge on any atom is -0.462 e. The lowest BCUT2D eigenvalue weighted by Gasteiger charge is -2.18. The topological polar surface area (TPSA) is 78.9 Å². The van der Waals surface area contributed by atoms with Crippen molar-refractivity contribution >= 4 is 17.9 Å². The predicted molar refractivity (Wildman–Crippen MR) is 339 cm³/mol. The Morgan fingerprint density at radius 3 is 0.808 bits per heavy atom. The van der Waals surface area contributed by atoms with Crippen LogP contribution in [-0.4, -0.2) is 37.2 Å². The van der Waals surface area contributed by atoms with Crippen molar-refractivity contribution in [3.8, 4) is 0 Å². The quantitative estimate of drug-likeness (QED) is 0.0261.